The van der Waals surface area contributed by atoms with Crippen LogP contribution < -0.4 is 0 Å². The molecule has 1 saturated heterocycles. The molecule has 7 heteroatoms. The van der Waals surface area contributed by atoms with E-state index in [1.54, 1.807) is 19.1 Å². The van der Waals surface area contributed by atoms with Gasteiger partial charge in [-0.25, -0.2) is 4.79 Å². The summed E-state index contributed by atoms with van der Waals surface area (Å²) in [6, 6.07) is 0. The Morgan fingerprint density at radius 3 is 2.81 bits per heavy atom. The van der Waals surface area contributed by atoms with Gasteiger partial charge in [0.05, 0.1) is 18.4 Å². The molecule has 2 N–H and O–H groups in total. The number of hydrogen-bond donors (Lipinski definition) is 2. The van der Waals surface area contributed by atoms with Gasteiger partial charge in [-0.1, -0.05) is 26.5 Å². The zero-order valence-electron chi connectivity index (χ0n) is 15.6. The largest absolute Gasteiger partial charge is 0.458 e. The molecule has 0 radical (unpaired) electrons. The van der Waals surface area contributed by atoms with Gasteiger partial charge in [-0.3, -0.25) is 9.59 Å². The summed E-state index contributed by atoms with van der Waals surface area (Å²) in [5, 5.41) is 20.3. The minimum Gasteiger partial charge on any atom is -0.458 e. The molecule has 0 spiro atoms. The highest BCUT2D eigenvalue weighted by atomic mass is 16.6. The quantitative estimate of drug-likeness (QED) is 0.320. The van der Waals surface area contributed by atoms with Crippen LogP contribution in [0.25, 0.3) is 0 Å². The number of aldehydes is 1. The van der Waals surface area contributed by atoms with Crippen molar-refractivity contribution in [2.75, 3.05) is 6.61 Å². The van der Waals surface area contributed by atoms with Gasteiger partial charge in [-0.2, -0.15) is 0 Å². The molecule has 0 bridgehead atoms. The van der Waals surface area contributed by atoms with Crippen LogP contribution in [0.5, 0.6) is 0 Å². The minimum atomic E-state index is -1.42. The van der Waals surface area contributed by atoms with E-state index in [-0.39, 0.29) is 17.8 Å². The second kappa shape index (κ2) is 9.10. The molecule has 5 atom stereocenters. The Kier molecular flexibility index (Phi) is 7.10. The maximum Gasteiger partial charge on any atom is 0.334 e. The molecule has 0 saturated carbocycles. The number of allylic oxidation sites excluding steroid dienone is 1. The van der Waals surface area contributed by atoms with E-state index < -0.39 is 42.1 Å². The maximum atomic E-state index is 12.4. The van der Waals surface area contributed by atoms with Crippen LogP contribution in [0.2, 0.25) is 0 Å². The summed E-state index contributed by atoms with van der Waals surface area (Å²) in [7, 11) is 0. The molecule has 148 valence electrons. The molecule has 2 aliphatic rings. The number of hydrogen-bond acceptors (Lipinski definition) is 7. The maximum absolute atomic E-state index is 12.4. The smallest absolute Gasteiger partial charge is 0.334 e. The van der Waals surface area contributed by atoms with Gasteiger partial charge in [0, 0.05) is 11.1 Å². The van der Waals surface area contributed by atoms with Crippen molar-refractivity contribution < 1.29 is 34.1 Å². The van der Waals surface area contributed by atoms with Crippen LogP contribution in [-0.4, -0.2) is 53.4 Å². The lowest BCUT2D eigenvalue weighted by Crippen LogP contribution is -2.43. The zero-order chi connectivity index (χ0) is 20.1. The number of ether oxygens (including phenoxy) is 2. The van der Waals surface area contributed by atoms with Gasteiger partial charge in [-0.15, -0.1) is 0 Å². The van der Waals surface area contributed by atoms with E-state index in [0.717, 1.165) is 0 Å². The molecule has 1 fully saturated rings. The van der Waals surface area contributed by atoms with Gasteiger partial charge in [0.2, 0.25) is 0 Å². The predicted molar refractivity (Wildman–Crippen MR) is 96.4 cm³/mol. The molecule has 7 nitrogen and oxygen atoms in total. The third-order valence-corrected chi connectivity index (χ3v) is 5.12. The summed E-state index contributed by atoms with van der Waals surface area (Å²) in [4.78, 5) is 36.0. The Balaban J connectivity index is 2.50. The Hall–Kier alpha value is -2.25. The van der Waals surface area contributed by atoms with Crippen molar-refractivity contribution in [1.82, 2.24) is 0 Å². The normalized spacial score (nSPS) is 33.6. The number of rotatable bonds is 5. The molecule has 27 heavy (non-hydrogen) atoms. The minimum absolute atomic E-state index is 0.0559. The van der Waals surface area contributed by atoms with Crippen molar-refractivity contribution in [3.8, 4) is 0 Å². The van der Waals surface area contributed by atoms with Crippen LogP contribution in [-0.2, 0) is 23.9 Å². The first-order chi connectivity index (χ1) is 12.8. The standard InChI is InChI=1S/C20H26O7/c1-4-11(2)19(24)27-18-16-12(3)20(25)26-15(16)8-13(9-21)6-5-7-14(10-22)17(18)23/h7-8,10-11,15-18,21,23H,3-6,9H2,1-2H3/b13-8-,14-7-/t11?,15-,16+,17+,18+/m1/s1. The summed E-state index contributed by atoms with van der Waals surface area (Å²) in [5.41, 5.74) is 0.736. The number of aliphatic hydroxyl groups excluding tert-OH is 2. The molecule has 1 unspecified atom stereocenters. The van der Waals surface area contributed by atoms with E-state index in [1.807, 2.05) is 6.92 Å². The monoisotopic (exact) mass is 378 g/mol. The number of carbonyl (C=O) groups excluding carboxylic acids is 3. The lowest BCUT2D eigenvalue weighted by Gasteiger charge is -2.31. The number of fused-ring (bicyclic) bond motifs is 1. The Labute approximate surface area is 158 Å². The molecular weight excluding hydrogens is 352 g/mol. The summed E-state index contributed by atoms with van der Waals surface area (Å²) in [6.45, 7) is 7.01. The molecule has 1 aliphatic carbocycles. The molecule has 0 aromatic rings. The van der Waals surface area contributed by atoms with Gasteiger partial charge in [0.25, 0.3) is 0 Å². The van der Waals surface area contributed by atoms with Gasteiger partial charge in [0.1, 0.15) is 24.6 Å². The van der Waals surface area contributed by atoms with E-state index in [0.29, 0.717) is 31.1 Å². The zero-order valence-corrected chi connectivity index (χ0v) is 15.6. The highest BCUT2D eigenvalue weighted by molar-refractivity contribution is 5.91. The summed E-state index contributed by atoms with van der Waals surface area (Å²) in [5.74, 6) is -2.47. The van der Waals surface area contributed by atoms with Crippen LogP contribution >= 0.6 is 0 Å². The van der Waals surface area contributed by atoms with E-state index in [1.165, 1.54) is 0 Å². The Morgan fingerprint density at radius 2 is 2.22 bits per heavy atom. The van der Waals surface area contributed by atoms with Crippen LogP contribution in [0.1, 0.15) is 33.1 Å². The topological polar surface area (TPSA) is 110 Å². The number of carbonyl (C=O) groups is 3. The molecule has 1 aliphatic heterocycles. The Morgan fingerprint density at radius 1 is 1.52 bits per heavy atom. The molecule has 2 rings (SSSR count). The van der Waals surface area contributed by atoms with Gasteiger partial charge in [-0.05, 0) is 30.9 Å². The van der Waals surface area contributed by atoms with Crippen LogP contribution in [0.3, 0.4) is 0 Å². The van der Waals surface area contributed by atoms with Crippen molar-refractivity contribution in [1.29, 1.82) is 0 Å². The van der Waals surface area contributed by atoms with Crippen molar-refractivity contribution in [3.05, 3.63) is 35.5 Å². The molecule has 0 aromatic carbocycles. The van der Waals surface area contributed by atoms with Crippen molar-refractivity contribution >= 4 is 18.2 Å². The molecular formula is C20H26O7. The summed E-state index contributed by atoms with van der Waals surface area (Å²) in [6.07, 6.45) is 1.57. The van der Waals surface area contributed by atoms with Crippen molar-refractivity contribution in [2.45, 2.75) is 51.4 Å². The first-order valence-electron chi connectivity index (χ1n) is 9.08. The van der Waals surface area contributed by atoms with E-state index in [2.05, 4.69) is 6.58 Å². The summed E-state index contributed by atoms with van der Waals surface area (Å²) >= 11 is 0. The van der Waals surface area contributed by atoms with Crippen molar-refractivity contribution in [3.63, 3.8) is 0 Å². The van der Waals surface area contributed by atoms with E-state index in [9.17, 15) is 24.6 Å². The van der Waals surface area contributed by atoms with E-state index in [4.69, 9.17) is 9.47 Å². The van der Waals surface area contributed by atoms with Crippen LogP contribution in [0, 0.1) is 11.8 Å². The third-order valence-electron chi connectivity index (χ3n) is 5.12. The average molecular weight is 378 g/mol. The highest BCUT2D eigenvalue weighted by Gasteiger charge is 2.48. The van der Waals surface area contributed by atoms with Gasteiger partial charge < -0.3 is 19.7 Å². The second-order valence-electron chi connectivity index (χ2n) is 6.92. The average Bonchev–Trinajstić information content (AvgIpc) is 2.94. The molecule has 0 amide bonds. The number of esters is 2. The predicted octanol–water partition coefficient (Wildman–Crippen LogP) is 1.24. The fourth-order valence-electron chi connectivity index (χ4n) is 3.18. The molecule has 0 aromatic heterocycles. The van der Waals surface area contributed by atoms with E-state index >= 15 is 0 Å². The highest BCUT2D eigenvalue weighted by Crippen LogP contribution is 2.36. The number of aliphatic hydroxyl groups is 2. The fourth-order valence-corrected chi connectivity index (χ4v) is 3.18. The van der Waals surface area contributed by atoms with Crippen LogP contribution in [0.4, 0.5) is 0 Å². The second-order valence-corrected chi connectivity index (χ2v) is 6.92. The molecule has 1 heterocycles. The Bertz CT molecular complexity index is 676. The first-order valence-corrected chi connectivity index (χ1v) is 9.08. The van der Waals surface area contributed by atoms with Crippen LogP contribution in [0.15, 0.2) is 35.5 Å². The van der Waals surface area contributed by atoms with Gasteiger partial charge >= 0.3 is 11.9 Å². The van der Waals surface area contributed by atoms with Gasteiger partial charge in [0.15, 0.2) is 0 Å². The lowest BCUT2D eigenvalue weighted by atomic mass is 9.83. The summed E-state index contributed by atoms with van der Waals surface area (Å²) < 4.78 is 10.9. The SMILES string of the molecule is C=C1C(=O)O[C@@H]2/C=C(\CO)CC/C=C(/C=O)[C@H](O)[C@@H](OC(=O)C(C)CC)[C@@H]12. The third kappa shape index (κ3) is 4.54. The first kappa shape index (κ1) is 21.1. The van der Waals surface area contributed by atoms with Crippen molar-refractivity contribution in [2.24, 2.45) is 11.8 Å². The lowest BCUT2D eigenvalue weighted by molar-refractivity contribution is -0.162. The fraction of sp³-hybridized carbons (Fsp3) is 0.550.